The van der Waals surface area contributed by atoms with Crippen LogP contribution >= 0.6 is 11.3 Å². The van der Waals surface area contributed by atoms with Crippen LogP contribution in [0.3, 0.4) is 0 Å². The van der Waals surface area contributed by atoms with Gasteiger partial charge in [0.1, 0.15) is 5.82 Å². The number of piperazine rings is 1. The second kappa shape index (κ2) is 10.2. The van der Waals surface area contributed by atoms with Crippen LogP contribution in [0.2, 0.25) is 0 Å². The third-order valence-electron chi connectivity index (χ3n) is 5.80. The van der Waals surface area contributed by atoms with E-state index in [0.717, 1.165) is 32.7 Å². The maximum absolute atomic E-state index is 13.5. The number of amides is 1. The third kappa shape index (κ3) is 5.58. The van der Waals surface area contributed by atoms with Crippen molar-refractivity contribution in [2.45, 2.75) is 25.6 Å². The van der Waals surface area contributed by atoms with Crippen molar-refractivity contribution < 1.29 is 9.18 Å². The van der Waals surface area contributed by atoms with Crippen LogP contribution in [0.4, 0.5) is 4.39 Å². The van der Waals surface area contributed by atoms with Gasteiger partial charge in [0.25, 0.3) is 5.91 Å². The number of carbonyl (C=O) groups is 1. The van der Waals surface area contributed by atoms with Crippen molar-refractivity contribution in [2.24, 2.45) is 0 Å². The SMILES string of the molecule is CC(NC(=O)c1cccc(F)c1)C(c1cccs1)N1CCN(Cc2ccccc2)CC1. The Hall–Kier alpha value is -2.54. The number of nitrogens with zero attached hydrogens (tertiary/aromatic N) is 2. The fourth-order valence-electron chi connectivity index (χ4n) is 4.24. The highest BCUT2D eigenvalue weighted by Crippen LogP contribution is 2.29. The maximum Gasteiger partial charge on any atom is 0.251 e. The average Bonchev–Trinajstić information content (AvgIpc) is 3.30. The highest BCUT2D eigenvalue weighted by atomic mass is 32.1. The Kier molecular flexibility index (Phi) is 7.12. The minimum absolute atomic E-state index is 0.0939. The van der Waals surface area contributed by atoms with Crippen LogP contribution in [0.1, 0.15) is 33.8 Å². The number of rotatable bonds is 7. The molecule has 2 atom stereocenters. The number of halogens is 1. The molecule has 1 aromatic heterocycles. The van der Waals surface area contributed by atoms with E-state index in [1.54, 1.807) is 23.5 Å². The lowest BCUT2D eigenvalue weighted by molar-refractivity contribution is 0.0714. The van der Waals surface area contributed by atoms with Crippen molar-refractivity contribution in [3.8, 4) is 0 Å². The summed E-state index contributed by atoms with van der Waals surface area (Å²) in [5, 5.41) is 5.18. The number of thiophene rings is 1. The molecule has 2 heterocycles. The van der Waals surface area contributed by atoms with Crippen LogP contribution in [0.5, 0.6) is 0 Å². The Bertz CT molecular complexity index is 971. The summed E-state index contributed by atoms with van der Waals surface area (Å²) in [4.78, 5) is 18.9. The van der Waals surface area contributed by atoms with E-state index >= 15 is 0 Å². The Morgan fingerprint density at radius 3 is 2.48 bits per heavy atom. The van der Waals surface area contributed by atoms with E-state index in [9.17, 15) is 9.18 Å². The van der Waals surface area contributed by atoms with Gasteiger partial charge < -0.3 is 5.32 Å². The van der Waals surface area contributed by atoms with E-state index in [-0.39, 0.29) is 18.0 Å². The quantitative estimate of drug-likeness (QED) is 0.588. The first kappa shape index (κ1) is 21.7. The number of nitrogens with one attached hydrogen (secondary N) is 1. The molecular formula is C25H28FN3OS. The molecule has 3 aromatic rings. The minimum Gasteiger partial charge on any atom is -0.348 e. The van der Waals surface area contributed by atoms with Gasteiger partial charge in [-0.1, -0.05) is 42.5 Å². The van der Waals surface area contributed by atoms with Gasteiger partial charge in [-0.15, -0.1) is 11.3 Å². The van der Waals surface area contributed by atoms with Gasteiger partial charge >= 0.3 is 0 Å². The molecule has 31 heavy (non-hydrogen) atoms. The van der Waals surface area contributed by atoms with E-state index < -0.39 is 5.82 Å². The second-order valence-electron chi connectivity index (χ2n) is 8.03. The summed E-state index contributed by atoms with van der Waals surface area (Å²) in [6.07, 6.45) is 0. The molecule has 4 rings (SSSR count). The van der Waals surface area contributed by atoms with Gasteiger partial charge in [0.2, 0.25) is 0 Å². The van der Waals surface area contributed by atoms with E-state index in [4.69, 9.17) is 0 Å². The fourth-order valence-corrected chi connectivity index (χ4v) is 5.21. The second-order valence-corrected chi connectivity index (χ2v) is 9.01. The number of hydrogen-bond acceptors (Lipinski definition) is 4. The van der Waals surface area contributed by atoms with Crippen LogP contribution in [-0.2, 0) is 6.54 Å². The lowest BCUT2D eigenvalue weighted by atomic mass is 10.0. The summed E-state index contributed by atoms with van der Waals surface area (Å²) in [6.45, 7) is 6.86. The smallest absolute Gasteiger partial charge is 0.251 e. The van der Waals surface area contributed by atoms with E-state index in [2.05, 4.69) is 56.9 Å². The lowest BCUT2D eigenvalue weighted by Crippen LogP contribution is -2.52. The highest BCUT2D eigenvalue weighted by Gasteiger charge is 2.31. The van der Waals surface area contributed by atoms with E-state index in [1.807, 2.05) is 13.0 Å². The Labute approximate surface area is 187 Å². The Morgan fingerprint density at radius 2 is 1.81 bits per heavy atom. The van der Waals surface area contributed by atoms with Crippen molar-refractivity contribution in [3.05, 3.63) is 93.9 Å². The predicted octanol–water partition coefficient (Wildman–Crippen LogP) is 4.56. The minimum atomic E-state index is -0.398. The van der Waals surface area contributed by atoms with Gasteiger partial charge in [0.15, 0.2) is 0 Å². The molecule has 2 unspecified atom stereocenters. The third-order valence-corrected chi connectivity index (χ3v) is 6.75. The molecule has 162 valence electrons. The van der Waals surface area contributed by atoms with Crippen LogP contribution < -0.4 is 5.32 Å². The van der Waals surface area contributed by atoms with Gasteiger partial charge in [0, 0.05) is 49.2 Å². The van der Waals surface area contributed by atoms with Crippen molar-refractivity contribution in [1.29, 1.82) is 0 Å². The zero-order valence-electron chi connectivity index (χ0n) is 17.7. The van der Waals surface area contributed by atoms with Crippen molar-refractivity contribution in [3.63, 3.8) is 0 Å². The highest BCUT2D eigenvalue weighted by molar-refractivity contribution is 7.10. The zero-order chi connectivity index (χ0) is 21.6. The first-order valence-electron chi connectivity index (χ1n) is 10.7. The van der Waals surface area contributed by atoms with Gasteiger partial charge in [-0.3, -0.25) is 14.6 Å². The molecule has 4 nitrogen and oxygen atoms in total. The maximum atomic E-state index is 13.5. The Balaban J connectivity index is 1.42. The topological polar surface area (TPSA) is 35.6 Å². The van der Waals surface area contributed by atoms with Gasteiger partial charge in [-0.05, 0) is 42.1 Å². The Morgan fingerprint density at radius 1 is 1.03 bits per heavy atom. The average molecular weight is 438 g/mol. The summed E-state index contributed by atoms with van der Waals surface area (Å²) in [6, 6.07) is 20.6. The molecule has 1 aliphatic heterocycles. The molecule has 6 heteroatoms. The normalized spacial score (nSPS) is 17.2. The molecule has 0 bridgehead atoms. The number of hydrogen-bond donors (Lipinski definition) is 1. The predicted molar refractivity (Wildman–Crippen MR) is 124 cm³/mol. The molecule has 0 radical (unpaired) electrons. The van der Waals surface area contributed by atoms with Crippen LogP contribution in [0, 0.1) is 5.82 Å². The molecular weight excluding hydrogens is 409 g/mol. The van der Waals surface area contributed by atoms with E-state index in [1.165, 1.54) is 22.6 Å². The van der Waals surface area contributed by atoms with Gasteiger partial charge in [-0.2, -0.15) is 0 Å². The van der Waals surface area contributed by atoms with Crippen LogP contribution in [0.25, 0.3) is 0 Å². The lowest BCUT2D eigenvalue weighted by Gasteiger charge is -2.41. The molecule has 0 spiro atoms. The molecule has 1 saturated heterocycles. The molecule has 1 amide bonds. The molecule has 2 aromatic carbocycles. The number of benzene rings is 2. The molecule has 0 aliphatic carbocycles. The van der Waals surface area contributed by atoms with Crippen LogP contribution in [-0.4, -0.2) is 47.9 Å². The molecule has 0 saturated carbocycles. The first-order chi connectivity index (χ1) is 15.1. The summed E-state index contributed by atoms with van der Waals surface area (Å²) in [5.41, 5.74) is 1.69. The molecule has 1 aliphatic rings. The van der Waals surface area contributed by atoms with Crippen LogP contribution in [0.15, 0.2) is 72.1 Å². The molecule has 1 fully saturated rings. The van der Waals surface area contributed by atoms with Crippen molar-refractivity contribution in [2.75, 3.05) is 26.2 Å². The summed E-state index contributed by atoms with van der Waals surface area (Å²) < 4.78 is 13.5. The summed E-state index contributed by atoms with van der Waals surface area (Å²) in [5.74, 6) is -0.638. The first-order valence-corrected chi connectivity index (χ1v) is 11.6. The summed E-state index contributed by atoms with van der Waals surface area (Å²) >= 11 is 1.72. The fraction of sp³-hybridized carbons (Fsp3) is 0.320. The van der Waals surface area contributed by atoms with Crippen molar-refractivity contribution >= 4 is 17.2 Å². The van der Waals surface area contributed by atoms with E-state index in [0.29, 0.717) is 5.56 Å². The zero-order valence-corrected chi connectivity index (χ0v) is 18.5. The monoisotopic (exact) mass is 437 g/mol. The largest absolute Gasteiger partial charge is 0.348 e. The standard InChI is InChI=1S/C25H28FN3OS/c1-19(27-25(30)21-9-5-10-22(26)17-21)24(23-11-6-16-31-23)29-14-12-28(13-15-29)18-20-7-3-2-4-8-20/h2-11,16-17,19,24H,12-15,18H2,1H3,(H,27,30). The number of carbonyl (C=O) groups excluding carboxylic acids is 1. The van der Waals surface area contributed by atoms with Gasteiger partial charge in [0.05, 0.1) is 6.04 Å². The summed E-state index contributed by atoms with van der Waals surface area (Å²) in [7, 11) is 0. The van der Waals surface area contributed by atoms with Gasteiger partial charge in [-0.25, -0.2) is 4.39 Å². The molecule has 1 N–H and O–H groups in total. The van der Waals surface area contributed by atoms with Crippen molar-refractivity contribution in [1.82, 2.24) is 15.1 Å².